The maximum absolute atomic E-state index is 12.4. The minimum absolute atomic E-state index is 0.0625. The van der Waals surface area contributed by atoms with Crippen molar-refractivity contribution in [1.29, 1.82) is 0 Å². The highest BCUT2D eigenvalue weighted by atomic mass is 32.3. The van der Waals surface area contributed by atoms with Gasteiger partial charge in [0.1, 0.15) is 5.75 Å². The molecule has 0 aliphatic carbocycles. The molecule has 0 N–H and O–H groups in total. The zero-order valence-corrected chi connectivity index (χ0v) is 9.64. The van der Waals surface area contributed by atoms with Crippen LogP contribution >= 0.6 is 0 Å². The second kappa shape index (κ2) is 4.18. The maximum atomic E-state index is 12.4. The predicted octanol–water partition coefficient (Wildman–Crippen LogP) is 2.71. The van der Waals surface area contributed by atoms with Crippen molar-refractivity contribution >= 4 is 10.5 Å². The Morgan fingerprint density at radius 3 is 2.40 bits per heavy atom. The van der Waals surface area contributed by atoms with E-state index in [1.54, 1.807) is 13.0 Å². The number of aryl methyl sites for hydroxylation is 1. The minimum Gasteiger partial charge on any atom is -0.358 e. The summed E-state index contributed by atoms with van der Waals surface area (Å²) in [6.07, 6.45) is 0. The van der Waals surface area contributed by atoms with Crippen molar-refractivity contribution in [2.24, 2.45) is 0 Å². The lowest BCUT2D eigenvalue weighted by Gasteiger charge is -2.11. The van der Waals surface area contributed by atoms with Crippen LogP contribution in [-0.4, -0.2) is 8.42 Å². The van der Waals surface area contributed by atoms with Gasteiger partial charge in [0.15, 0.2) is 0 Å². The average molecular weight is 232 g/mol. The average Bonchev–Trinajstić information content (AvgIpc) is 1.99. The molecule has 5 heteroatoms. The number of rotatable bonds is 3. The summed E-state index contributed by atoms with van der Waals surface area (Å²) in [5, 5.41) is 0. The van der Waals surface area contributed by atoms with Gasteiger partial charge in [0, 0.05) is 0 Å². The fourth-order valence-corrected chi connectivity index (χ4v) is 1.66. The molecule has 0 atom stereocenters. The molecule has 0 fully saturated rings. The molecule has 0 heterocycles. The number of benzene rings is 1. The Bertz CT molecular complexity index is 452. The third-order valence-corrected chi connectivity index (χ3v) is 2.36. The van der Waals surface area contributed by atoms with Crippen LogP contribution in [0, 0.1) is 6.92 Å². The predicted molar refractivity (Wildman–Crippen MR) is 55.9 cm³/mol. The molecule has 0 aromatic heterocycles. The highest BCUT2D eigenvalue weighted by Crippen LogP contribution is 2.28. The van der Waals surface area contributed by atoms with Crippen LogP contribution in [0.4, 0.5) is 3.89 Å². The minimum atomic E-state index is -4.95. The van der Waals surface area contributed by atoms with E-state index in [0.717, 1.165) is 5.56 Å². The van der Waals surface area contributed by atoms with Crippen LogP contribution in [0.5, 0.6) is 5.75 Å². The zero-order valence-electron chi connectivity index (χ0n) is 8.82. The highest BCUT2D eigenvalue weighted by molar-refractivity contribution is 7.81. The summed E-state index contributed by atoms with van der Waals surface area (Å²) in [6, 6.07) is 5.07. The smallest absolute Gasteiger partial charge is 0.358 e. The molecule has 0 aliphatic heterocycles. The van der Waals surface area contributed by atoms with Gasteiger partial charge >= 0.3 is 10.5 Å². The van der Waals surface area contributed by atoms with Gasteiger partial charge in [-0.25, -0.2) is 0 Å². The quantitative estimate of drug-likeness (QED) is 0.752. The molecule has 0 amide bonds. The van der Waals surface area contributed by atoms with E-state index in [9.17, 15) is 12.3 Å². The first kappa shape index (κ1) is 12.0. The normalized spacial score (nSPS) is 11.8. The molecule has 0 radical (unpaired) electrons. The van der Waals surface area contributed by atoms with Crippen molar-refractivity contribution < 1.29 is 16.5 Å². The summed E-state index contributed by atoms with van der Waals surface area (Å²) >= 11 is 0. The molecule has 0 unspecified atom stereocenters. The summed E-state index contributed by atoms with van der Waals surface area (Å²) < 4.78 is 37.5. The SMILES string of the molecule is Cc1ccc(C(C)C)c(OS(=O)(=O)F)c1. The zero-order chi connectivity index (χ0) is 11.6. The second-order valence-corrected chi connectivity index (χ2v) is 4.63. The van der Waals surface area contributed by atoms with E-state index >= 15 is 0 Å². The largest absolute Gasteiger partial charge is 0.488 e. The second-order valence-electron chi connectivity index (χ2n) is 3.67. The number of hydrogen-bond donors (Lipinski definition) is 0. The van der Waals surface area contributed by atoms with Gasteiger partial charge in [-0.3, -0.25) is 0 Å². The molecule has 0 bridgehead atoms. The first-order chi connectivity index (χ1) is 6.79. The molecule has 3 nitrogen and oxygen atoms in total. The first-order valence-corrected chi connectivity index (χ1v) is 5.85. The van der Waals surface area contributed by atoms with E-state index in [4.69, 9.17) is 0 Å². The van der Waals surface area contributed by atoms with Gasteiger partial charge < -0.3 is 4.18 Å². The van der Waals surface area contributed by atoms with Crippen molar-refractivity contribution in [3.63, 3.8) is 0 Å². The monoisotopic (exact) mass is 232 g/mol. The molecule has 0 spiro atoms. The van der Waals surface area contributed by atoms with Crippen LogP contribution < -0.4 is 4.18 Å². The van der Waals surface area contributed by atoms with Gasteiger partial charge in [0.25, 0.3) is 0 Å². The van der Waals surface area contributed by atoms with E-state index in [2.05, 4.69) is 4.18 Å². The number of halogens is 1. The van der Waals surface area contributed by atoms with Crippen LogP contribution in [-0.2, 0) is 10.5 Å². The van der Waals surface area contributed by atoms with Crippen molar-refractivity contribution in [2.75, 3.05) is 0 Å². The van der Waals surface area contributed by atoms with Crippen LogP contribution in [0.3, 0.4) is 0 Å². The third kappa shape index (κ3) is 3.51. The Kier molecular flexibility index (Phi) is 3.34. The van der Waals surface area contributed by atoms with Crippen LogP contribution in [0.15, 0.2) is 18.2 Å². The van der Waals surface area contributed by atoms with Gasteiger partial charge in [0.2, 0.25) is 0 Å². The summed E-state index contributed by atoms with van der Waals surface area (Å²) in [4.78, 5) is 0. The molecular weight excluding hydrogens is 219 g/mol. The van der Waals surface area contributed by atoms with Crippen LogP contribution in [0.1, 0.15) is 30.9 Å². The van der Waals surface area contributed by atoms with Crippen molar-refractivity contribution in [2.45, 2.75) is 26.7 Å². The van der Waals surface area contributed by atoms with Crippen LogP contribution in [0.25, 0.3) is 0 Å². The van der Waals surface area contributed by atoms with E-state index in [-0.39, 0.29) is 11.7 Å². The summed E-state index contributed by atoms with van der Waals surface area (Å²) in [5.41, 5.74) is 1.49. The molecule has 15 heavy (non-hydrogen) atoms. The fraction of sp³-hybridized carbons (Fsp3) is 0.400. The summed E-state index contributed by atoms with van der Waals surface area (Å²) in [5.74, 6) is 0.134. The molecule has 1 aromatic carbocycles. The highest BCUT2D eigenvalue weighted by Gasteiger charge is 2.15. The number of hydrogen-bond acceptors (Lipinski definition) is 3. The van der Waals surface area contributed by atoms with Gasteiger partial charge in [-0.2, -0.15) is 8.42 Å². The van der Waals surface area contributed by atoms with Gasteiger partial charge in [-0.05, 0) is 30.0 Å². The Hall–Kier alpha value is -1.10. The Morgan fingerprint density at radius 2 is 1.93 bits per heavy atom. The van der Waals surface area contributed by atoms with Crippen molar-refractivity contribution in [1.82, 2.24) is 0 Å². The third-order valence-electron chi connectivity index (χ3n) is 1.98. The Morgan fingerprint density at radius 1 is 1.33 bits per heavy atom. The van der Waals surface area contributed by atoms with Gasteiger partial charge in [-0.15, -0.1) is 0 Å². The lowest BCUT2D eigenvalue weighted by atomic mass is 10.0. The first-order valence-electron chi connectivity index (χ1n) is 4.54. The van der Waals surface area contributed by atoms with E-state index in [1.807, 2.05) is 19.9 Å². The van der Waals surface area contributed by atoms with Crippen LogP contribution in [0.2, 0.25) is 0 Å². The summed E-state index contributed by atoms with van der Waals surface area (Å²) in [7, 11) is -4.95. The Labute approximate surface area is 89.3 Å². The molecule has 0 saturated carbocycles. The van der Waals surface area contributed by atoms with Crippen molar-refractivity contribution in [3.8, 4) is 5.75 Å². The van der Waals surface area contributed by atoms with Crippen molar-refractivity contribution in [3.05, 3.63) is 29.3 Å². The molecular formula is C10H13FO3S. The lowest BCUT2D eigenvalue weighted by molar-refractivity contribution is 0.436. The lowest BCUT2D eigenvalue weighted by Crippen LogP contribution is -2.04. The molecule has 0 aliphatic rings. The van der Waals surface area contributed by atoms with Gasteiger partial charge in [0.05, 0.1) is 0 Å². The molecule has 0 saturated heterocycles. The Balaban J connectivity index is 3.19. The van der Waals surface area contributed by atoms with Gasteiger partial charge in [-0.1, -0.05) is 29.9 Å². The topological polar surface area (TPSA) is 43.4 Å². The molecule has 84 valence electrons. The molecule has 1 rings (SSSR count). The summed E-state index contributed by atoms with van der Waals surface area (Å²) in [6.45, 7) is 5.53. The van der Waals surface area contributed by atoms with E-state index < -0.39 is 10.5 Å². The maximum Gasteiger partial charge on any atom is 0.488 e. The molecule has 1 aromatic rings. The standard InChI is InChI=1S/C10H13FO3S/c1-7(2)9-5-4-8(3)6-10(9)14-15(11,12)13/h4-7H,1-3H3. The fourth-order valence-electron chi connectivity index (χ4n) is 1.30. The van der Waals surface area contributed by atoms with E-state index in [1.165, 1.54) is 6.07 Å². The van der Waals surface area contributed by atoms with E-state index in [0.29, 0.717) is 5.56 Å².